The molecule has 0 atom stereocenters. The number of rotatable bonds is 3. The first kappa shape index (κ1) is 10.7. The fraction of sp³-hybridized carbons (Fsp3) is 0.333. The molecule has 16 heavy (non-hydrogen) atoms. The van der Waals surface area contributed by atoms with Crippen molar-refractivity contribution in [1.82, 2.24) is 4.98 Å². The molecule has 2 aromatic rings. The van der Waals surface area contributed by atoms with Crippen molar-refractivity contribution in [1.29, 1.82) is 0 Å². The molecular weight excluding hydrogens is 204 g/mol. The van der Waals surface area contributed by atoms with Crippen molar-refractivity contribution in [3.63, 3.8) is 0 Å². The third-order valence-corrected chi connectivity index (χ3v) is 2.34. The summed E-state index contributed by atoms with van der Waals surface area (Å²) in [5.41, 5.74) is 7.52. The lowest BCUT2D eigenvalue weighted by atomic mass is 10.1. The molecular formula is C12H14N2O2. The highest BCUT2D eigenvalue weighted by molar-refractivity contribution is 5.79. The summed E-state index contributed by atoms with van der Waals surface area (Å²) < 4.78 is 5.59. The quantitative estimate of drug-likeness (QED) is 0.856. The summed E-state index contributed by atoms with van der Waals surface area (Å²) in [5.74, 6) is 0.626. The standard InChI is InChI=1S/C12H14N2O2/c1-7(2)12-14-9-4-3-8(6-11(13)15)5-10(9)16-12/h3-5,7H,6H2,1-2H3,(H2,13,15). The summed E-state index contributed by atoms with van der Waals surface area (Å²) in [6.07, 6.45) is 0.230. The first-order chi connectivity index (χ1) is 7.56. The van der Waals surface area contributed by atoms with E-state index >= 15 is 0 Å². The number of benzene rings is 1. The molecule has 1 aromatic carbocycles. The molecule has 0 aliphatic heterocycles. The SMILES string of the molecule is CC(C)c1nc2ccc(CC(N)=O)cc2o1. The number of nitrogens with two attached hydrogens (primary N) is 1. The molecule has 0 spiro atoms. The molecule has 2 rings (SSSR count). The van der Waals surface area contributed by atoms with Crippen LogP contribution in [0.15, 0.2) is 22.6 Å². The van der Waals surface area contributed by atoms with Crippen molar-refractivity contribution >= 4 is 17.0 Å². The minimum Gasteiger partial charge on any atom is -0.440 e. The minimum absolute atomic E-state index is 0.230. The molecule has 0 aliphatic carbocycles. The zero-order chi connectivity index (χ0) is 11.7. The molecule has 0 unspecified atom stereocenters. The van der Waals surface area contributed by atoms with Gasteiger partial charge in [0.05, 0.1) is 6.42 Å². The van der Waals surface area contributed by atoms with Crippen molar-refractivity contribution in [2.45, 2.75) is 26.2 Å². The summed E-state index contributed by atoms with van der Waals surface area (Å²) in [7, 11) is 0. The highest BCUT2D eigenvalue weighted by Gasteiger charge is 2.10. The lowest BCUT2D eigenvalue weighted by molar-refractivity contribution is -0.117. The summed E-state index contributed by atoms with van der Waals surface area (Å²) in [6, 6.07) is 5.52. The van der Waals surface area contributed by atoms with Crippen molar-refractivity contribution in [3.05, 3.63) is 29.7 Å². The summed E-state index contributed by atoms with van der Waals surface area (Å²) in [4.78, 5) is 15.1. The van der Waals surface area contributed by atoms with Gasteiger partial charge in [-0.3, -0.25) is 4.79 Å². The topological polar surface area (TPSA) is 69.1 Å². The van der Waals surface area contributed by atoms with Crippen LogP contribution in [0.1, 0.15) is 31.2 Å². The minimum atomic E-state index is -0.344. The fourth-order valence-corrected chi connectivity index (χ4v) is 1.54. The van der Waals surface area contributed by atoms with Crippen molar-refractivity contribution < 1.29 is 9.21 Å². The van der Waals surface area contributed by atoms with E-state index in [1.54, 1.807) is 0 Å². The molecule has 0 aliphatic rings. The van der Waals surface area contributed by atoms with Gasteiger partial charge in [0.1, 0.15) is 5.52 Å². The summed E-state index contributed by atoms with van der Waals surface area (Å²) in [5, 5.41) is 0. The molecule has 1 heterocycles. The molecule has 1 amide bonds. The molecule has 0 bridgehead atoms. The molecule has 1 aromatic heterocycles. The maximum Gasteiger partial charge on any atom is 0.221 e. The van der Waals surface area contributed by atoms with Gasteiger partial charge in [-0.25, -0.2) is 4.98 Å². The molecule has 0 fully saturated rings. The van der Waals surface area contributed by atoms with Gasteiger partial charge in [0, 0.05) is 5.92 Å². The van der Waals surface area contributed by atoms with Crippen LogP contribution in [0.5, 0.6) is 0 Å². The van der Waals surface area contributed by atoms with Crippen molar-refractivity contribution in [2.24, 2.45) is 5.73 Å². The van der Waals surface area contributed by atoms with E-state index in [-0.39, 0.29) is 18.2 Å². The highest BCUT2D eigenvalue weighted by Crippen LogP contribution is 2.22. The maximum absolute atomic E-state index is 10.8. The smallest absolute Gasteiger partial charge is 0.221 e. The van der Waals surface area contributed by atoms with E-state index < -0.39 is 0 Å². The Balaban J connectivity index is 2.41. The Morgan fingerprint density at radius 1 is 1.50 bits per heavy atom. The van der Waals surface area contributed by atoms with Crippen LogP contribution in [0.4, 0.5) is 0 Å². The Morgan fingerprint density at radius 2 is 2.25 bits per heavy atom. The van der Waals surface area contributed by atoms with E-state index in [0.29, 0.717) is 11.5 Å². The van der Waals surface area contributed by atoms with Crippen LogP contribution in [0.3, 0.4) is 0 Å². The van der Waals surface area contributed by atoms with E-state index in [1.807, 2.05) is 32.0 Å². The lowest BCUT2D eigenvalue weighted by Crippen LogP contribution is -2.13. The first-order valence-corrected chi connectivity index (χ1v) is 5.24. The molecule has 2 N–H and O–H groups in total. The second-order valence-corrected chi connectivity index (χ2v) is 4.15. The number of hydrogen-bond donors (Lipinski definition) is 1. The Morgan fingerprint density at radius 3 is 2.88 bits per heavy atom. The molecule has 0 saturated heterocycles. The van der Waals surface area contributed by atoms with Crippen molar-refractivity contribution in [3.8, 4) is 0 Å². The third kappa shape index (κ3) is 2.05. The van der Waals surface area contributed by atoms with Gasteiger partial charge < -0.3 is 10.2 Å². The number of carbonyl (C=O) groups is 1. The van der Waals surface area contributed by atoms with Gasteiger partial charge in [-0.15, -0.1) is 0 Å². The summed E-state index contributed by atoms with van der Waals surface area (Å²) in [6.45, 7) is 4.05. The molecule has 0 saturated carbocycles. The van der Waals surface area contributed by atoms with Crippen LogP contribution in [0.2, 0.25) is 0 Å². The zero-order valence-corrected chi connectivity index (χ0v) is 9.36. The van der Waals surface area contributed by atoms with Crippen LogP contribution in [-0.4, -0.2) is 10.9 Å². The average Bonchev–Trinajstić information content (AvgIpc) is 2.59. The average molecular weight is 218 g/mol. The second kappa shape index (κ2) is 3.96. The molecule has 84 valence electrons. The van der Waals surface area contributed by atoms with Crippen LogP contribution >= 0.6 is 0 Å². The molecule has 0 radical (unpaired) electrons. The number of carbonyl (C=O) groups excluding carboxylic acids is 1. The number of primary amides is 1. The Bertz CT molecular complexity index is 529. The number of nitrogens with zero attached hydrogens (tertiary/aromatic N) is 1. The fourth-order valence-electron chi connectivity index (χ4n) is 1.54. The van der Waals surface area contributed by atoms with E-state index in [9.17, 15) is 4.79 Å². The second-order valence-electron chi connectivity index (χ2n) is 4.15. The van der Waals surface area contributed by atoms with E-state index in [1.165, 1.54) is 0 Å². The van der Waals surface area contributed by atoms with Gasteiger partial charge in [-0.2, -0.15) is 0 Å². The van der Waals surface area contributed by atoms with Gasteiger partial charge in [-0.1, -0.05) is 19.9 Å². The number of oxazole rings is 1. The largest absolute Gasteiger partial charge is 0.440 e. The zero-order valence-electron chi connectivity index (χ0n) is 9.36. The van der Waals surface area contributed by atoms with Gasteiger partial charge in [0.15, 0.2) is 11.5 Å². The Kier molecular flexibility index (Phi) is 2.64. The normalized spacial score (nSPS) is 11.2. The summed E-state index contributed by atoms with van der Waals surface area (Å²) >= 11 is 0. The van der Waals surface area contributed by atoms with E-state index in [0.717, 1.165) is 11.1 Å². The number of hydrogen-bond acceptors (Lipinski definition) is 3. The lowest BCUT2D eigenvalue weighted by Gasteiger charge is -1.96. The van der Waals surface area contributed by atoms with Crippen LogP contribution < -0.4 is 5.73 Å². The Hall–Kier alpha value is -1.84. The highest BCUT2D eigenvalue weighted by atomic mass is 16.3. The van der Waals surface area contributed by atoms with Crippen LogP contribution in [0, 0.1) is 0 Å². The van der Waals surface area contributed by atoms with Crippen molar-refractivity contribution in [2.75, 3.05) is 0 Å². The maximum atomic E-state index is 10.8. The van der Waals surface area contributed by atoms with Gasteiger partial charge in [0.25, 0.3) is 0 Å². The van der Waals surface area contributed by atoms with Crippen LogP contribution in [-0.2, 0) is 11.2 Å². The number of aromatic nitrogens is 1. The van der Waals surface area contributed by atoms with Gasteiger partial charge >= 0.3 is 0 Å². The molecule has 4 nitrogen and oxygen atoms in total. The van der Waals surface area contributed by atoms with Gasteiger partial charge in [0.2, 0.25) is 5.91 Å². The van der Waals surface area contributed by atoms with Crippen LogP contribution in [0.25, 0.3) is 11.1 Å². The van der Waals surface area contributed by atoms with E-state index in [4.69, 9.17) is 10.2 Å². The monoisotopic (exact) mass is 218 g/mol. The number of fused-ring (bicyclic) bond motifs is 1. The Labute approximate surface area is 93.5 Å². The third-order valence-electron chi connectivity index (χ3n) is 2.34. The first-order valence-electron chi connectivity index (χ1n) is 5.24. The molecule has 4 heteroatoms. The predicted molar refractivity (Wildman–Crippen MR) is 61.0 cm³/mol. The number of amides is 1. The predicted octanol–water partition coefficient (Wildman–Crippen LogP) is 1.98. The van der Waals surface area contributed by atoms with E-state index in [2.05, 4.69) is 4.98 Å². The van der Waals surface area contributed by atoms with Gasteiger partial charge in [-0.05, 0) is 17.7 Å².